The first-order valence-corrected chi connectivity index (χ1v) is 7.90. The average Bonchev–Trinajstić information content (AvgIpc) is 2.32. The van der Waals surface area contributed by atoms with Gasteiger partial charge in [0.25, 0.3) is 0 Å². The van der Waals surface area contributed by atoms with Crippen LogP contribution in [0.2, 0.25) is 0 Å². The number of carbonyl (C=O) groups is 4. The maximum Gasteiger partial charge on any atom is 0.471 e. The van der Waals surface area contributed by atoms with E-state index in [1.54, 1.807) is 0 Å². The summed E-state index contributed by atoms with van der Waals surface area (Å²) >= 11 is 0. The summed E-state index contributed by atoms with van der Waals surface area (Å²) in [4.78, 5) is 62.1. The van der Waals surface area contributed by atoms with Gasteiger partial charge >= 0.3 is 31.7 Å². The molecule has 0 aromatic carbocycles. The van der Waals surface area contributed by atoms with Gasteiger partial charge in [-0.3, -0.25) is 33.5 Å². The topological polar surface area (TPSA) is 222 Å². The molecule has 25 heavy (non-hydrogen) atoms. The van der Waals surface area contributed by atoms with Gasteiger partial charge in [0.05, 0.1) is 26.2 Å². The number of phosphoric acid groups is 1. The predicted octanol–water partition coefficient (Wildman–Crippen LogP) is -2.64. The quantitative estimate of drug-likeness (QED) is 0.140. The van der Waals surface area contributed by atoms with Gasteiger partial charge < -0.3 is 30.2 Å². The Morgan fingerprint density at radius 1 is 0.800 bits per heavy atom. The Kier molecular flexibility index (Phi) is 9.19. The van der Waals surface area contributed by atoms with Crippen LogP contribution in [0.1, 0.15) is 0 Å². The highest BCUT2D eigenvalue weighted by Crippen LogP contribution is 2.38. The van der Waals surface area contributed by atoms with Crippen LogP contribution in [-0.4, -0.2) is 103 Å². The molecule has 0 bridgehead atoms. The molecule has 0 saturated heterocycles. The van der Waals surface area contributed by atoms with Crippen LogP contribution in [0.5, 0.6) is 0 Å². The number of hydrogen-bond donors (Lipinski definition) is 6. The lowest BCUT2D eigenvalue weighted by Gasteiger charge is -2.32. The number of carboxylic acids is 4. The lowest BCUT2D eigenvalue weighted by Crippen LogP contribution is -2.50. The van der Waals surface area contributed by atoms with Crippen molar-refractivity contribution in [3.8, 4) is 0 Å². The van der Waals surface area contributed by atoms with Gasteiger partial charge in [-0.2, -0.15) is 0 Å². The summed E-state index contributed by atoms with van der Waals surface area (Å²) in [7, 11) is -5.24. The fraction of sp³-hybridized carbons (Fsp3) is 0.600. The summed E-state index contributed by atoms with van der Waals surface area (Å²) in [5.41, 5.74) is 0. The number of nitrogens with zero attached hydrogens (tertiary/aromatic N) is 2. The molecule has 0 saturated carbocycles. The van der Waals surface area contributed by atoms with E-state index >= 15 is 0 Å². The predicted molar refractivity (Wildman–Crippen MR) is 75.5 cm³/mol. The first-order chi connectivity index (χ1) is 11.3. The Bertz CT molecular complexity index is 528. The van der Waals surface area contributed by atoms with Gasteiger partial charge in [0, 0.05) is 6.54 Å². The van der Waals surface area contributed by atoms with E-state index in [1.807, 2.05) is 0 Å². The lowest BCUT2D eigenvalue weighted by atomic mass is 10.3. The standard InChI is InChI=1S/C10H17N2O12P/c13-7(14)2-11(3-8(15)16)1-6(24-25(21,22)23)12(4-9(17)18)5-10(19)20/h6H,1-5H2,(H,13,14)(H,15,16)(H,17,18)(H,19,20)(H2,21,22,23). The van der Waals surface area contributed by atoms with Crippen LogP contribution < -0.4 is 0 Å². The highest BCUT2D eigenvalue weighted by molar-refractivity contribution is 7.46. The fourth-order valence-electron chi connectivity index (χ4n) is 1.77. The average molecular weight is 388 g/mol. The van der Waals surface area contributed by atoms with Gasteiger partial charge in [0.2, 0.25) is 0 Å². The number of hydrogen-bond acceptors (Lipinski definition) is 8. The van der Waals surface area contributed by atoms with Gasteiger partial charge in [-0.05, 0) is 0 Å². The molecule has 0 spiro atoms. The summed E-state index contributed by atoms with van der Waals surface area (Å²) in [5, 5.41) is 35.0. The van der Waals surface area contributed by atoms with Crippen LogP contribution in [0.3, 0.4) is 0 Å². The molecule has 144 valence electrons. The van der Waals surface area contributed by atoms with Gasteiger partial charge in [0.1, 0.15) is 6.23 Å². The Hall–Kier alpha value is -2.09. The Morgan fingerprint density at radius 2 is 1.16 bits per heavy atom. The minimum Gasteiger partial charge on any atom is -0.480 e. The lowest BCUT2D eigenvalue weighted by molar-refractivity contribution is -0.151. The first kappa shape index (κ1) is 22.9. The van der Waals surface area contributed by atoms with Crippen molar-refractivity contribution in [3.05, 3.63) is 0 Å². The van der Waals surface area contributed by atoms with E-state index in [0.717, 1.165) is 0 Å². The zero-order valence-corrected chi connectivity index (χ0v) is 13.5. The van der Waals surface area contributed by atoms with Crippen molar-refractivity contribution in [3.63, 3.8) is 0 Å². The second-order valence-electron chi connectivity index (χ2n) is 4.70. The van der Waals surface area contributed by atoms with E-state index in [-0.39, 0.29) is 0 Å². The summed E-state index contributed by atoms with van der Waals surface area (Å²) in [6.07, 6.45) is -1.90. The van der Waals surface area contributed by atoms with Gasteiger partial charge in [-0.25, -0.2) is 4.57 Å². The summed E-state index contributed by atoms with van der Waals surface area (Å²) in [6, 6.07) is 0. The van der Waals surface area contributed by atoms with Gasteiger partial charge in [0.15, 0.2) is 0 Å². The largest absolute Gasteiger partial charge is 0.480 e. The smallest absolute Gasteiger partial charge is 0.471 e. The second kappa shape index (κ2) is 10.0. The van der Waals surface area contributed by atoms with E-state index in [4.69, 9.17) is 30.2 Å². The fourth-order valence-corrected chi connectivity index (χ4v) is 2.29. The van der Waals surface area contributed by atoms with Gasteiger partial charge in [-0.15, -0.1) is 0 Å². The van der Waals surface area contributed by atoms with E-state index in [1.165, 1.54) is 0 Å². The summed E-state index contributed by atoms with van der Waals surface area (Å²) < 4.78 is 15.4. The zero-order chi connectivity index (χ0) is 19.8. The van der Waals surface area contributed by atoms with Crippen molar-refractivity contribution in [2.45, 2.75) is 6.23 Å². The third-order valence-electron chi connectivity index (χ3n) is 2.48. The Balaban J connectivity index is 5.54. The highest BCUT2D eigenvalue weighted by atomic mass is 31.2. The maximum absolute atomic E-state index is 11.0. The first-order valence-electron chi connectivity index (χ1n) is 6.37. The molecule has 0 aromatic rings. The molecule has 0 radical (unpaired) electrons. The Morgan fingerprint density at radius 3 is 1.44 bits per heavy atom. The SMILES string of the molecule is O=C(O)CN(CC(=O)O)CC(OP(=O)(O)O)N(CC(=O)O)CC(=O)O. The molecule has 0 amide bonds. The molecule has 14 nitrogen and oxygen atoms in total. The molecule has 0 aliphatic carbocycles. The summed E-state index contributed by atoms with van der Waals surface area (Å²) in [5.74, 6) is -6.05. The molecule has 0 rings (SSSR count). The molecule has 1 unspecified atom stereocenters. The number of phosphoric ester groups is 1. The van der Waals surface area contributed by atoms with Crippen LogP contribution in [0.25, 0.3) is 0 Å². The third-order valence-corrected chi connectivity index (χ3v) is 2.99. The molecule has 0 aliphatic heterocycles. The molecule has 15 heteroatoms. The van der Waals surface area contributed by atoms with Crippen molar-refractivity contribution in [1.82, 2.24) is 9.80 Å². The van der Waals surface area contributed by atoms with Crippen LogP contribution in [0, 0.1) is 0 Å². The van der Waals surface area contributed by atoms with Crippen molar-refractivity contribution < 1.29 is 58.5 Å². The molecule has 1 atom stereocenters. The van der Waals surface area contributed by atoms with Crippen molar-refractivity contribution in [1.29, 1.82) is 0 Å². The monoisotopic (exact) mass is 388 g/mol. The minimum absolute atomic E-state index is 0.500. The minimum atomic E-state index is -5.24. The Labute approximate surface area is 140 Å². The molecule has 0 heterocycles. The van der Waals surface area contributed by atoms with E-state index < -0.39 is 70.7 Å². The highest BCUT2D eigenvalue weighted by Gasteiger charge is 2.32. The van der Waals surface area contributed by atoms with Crippen molar-refractivity contribution in [2.75, 3.05) is 32.7 Å². The van der Waals surface area contributed by atoms with Crippen LogP contribution >= 0.6 is 7.82 Å². The molecular weight excluding hydrogens is 371 g/mol. The van der Waals surface area contributed by atoms with E-state index in [0.29, 0.717) is 9.80 Å². The van der Waals surface area contributed by atoms with Crippen molar-refractivity contribution >= 4 is 31.7 Å². The number of aliphatic carboxylic acids is 4. The number of rotatable bonds is 13. The van der Waals surface area contributed by atoms with Crippen LogP contribution in [-0.2, 0) is 28.3 Å². The second-order valence-corrected chi connectivity index (χ2v) is 5.89. The van der Waals surface area contributed by atoms with Crippen LogP contribution in [0.15, 0.2) is 0 Å². The molecule has 6 N–H and O–H groups in total. The molecule has 0 aromatic heterocycles. The molecular formula is C10H17N2O12P. The zero-order valence-electron chi connectivity index (χ0n) is 12.6. The van der Waals surface area contributed by atoms with Crippen LogP contribution in [0.4, 0.5) is 0 Å². The normalized spacial score (nSPS) is 13.0. The van der Waals surface area contributed by atoms with Gasteiger partial charge in [-0.1, -0.05) is 0 Å². The van der Waals surface area contributed by atoms with E-state index in [2.05, 4.69) is 4.52 Å². The molecule has 0 fully saturated rings. The summed E-state index contributed by atoms with van der Waals surface area (Å²) in [6.45, 7) is -4.55. The molecule has 0 aliphatic rings. The van der Waals surface area contributed by atoms with Crippen molar-refractivity contribution in [2.24, 2.45) is 0 Å². The third kappa shape index (κ3) is 12.0. The number of carboxylic acid groups (broad SMARTS) is 4. The maximum atomic E-state index is 11.0. The van der Waals surface area contributed by atoms with E-state index in [9.17, 15) is 23.7 Å².